The molecule has 0 spiro atoms. The van der Waals surface area contributed by atoms with Crippen molar-refractivity contribution in [3.63, 3.8) is 0 Å². The van der Waals surface area contributed by atoms with Gasteiger partial charge < -0.3 is 20.0 Å². The van der Waals surface area contributed by atoms with Crippen molar-refractivity contribution in [3.8, 4) is 11.1 Å². The standard InChI is InChI=1S/C24H23F3N4O3/c1-16-29-21(31(33)34)14-30(16)13-7-6-12-23(22(32)28-15-24(25,26)27)19-10-4-2-8-17(19)18-9-3-5-11-20(18)23/h2-5,8-11,14H,6-7,12-13,15H2,1H3,(H,28,32). The van der Waals surface area contributed by atoms with Crippen molar-refractivity contribution in [2.24, 2.45) is 0 Å². The molecule has 2 aromatic carbocycles. The van der Waals surface area contributed by atoms with Gasteiger partial charge in [-0.3, -0.25) is 4.79 Å². The van der Waals surface area contributed by atoms with Crippen LogP contribution in [0.4, 0.5) is 19.0 Å². The average molecular weight is 472 g/mol. The van der Waals surface area contributed by atoms with E-state index in [2.05, 4.69) is 10.3 Å². The Balaban J connectivity index is 1.62. The number of alkyl halides is 3. The quantitative estimate of drug-likeness (QED) is 0.286. The molecule has 0 atom stereocenters. The SMILES string of the molecule is Cc1nc([N+](=O)[O-])cn1CCCCC1(C(=O)NCC(F)(F)F)c2ccccc2-c2ccccc21. The van der Waals surface area contributed by atoms with Gasteiger partial charge in [-0.15, -0.1) is 0 Å². The minimum absolute atomic E-state index is 0.237. The average Bonchev–Trinajstić information content (AvgIpc) is 3.31. The van der Waals surface area contributed by atoms with Crippen LogP contribution in [-0.4, -0.2) is 33.1 Å². The highest BCUT2D eigenvalue weighted by Crippen LogP contribution is 2.51. The topological polar surface area (TPSA) is 90.1 Å². The molecule has 0 aliphatic heterocycles. The number of carbonyl (C=O) groups is 1. The van der Waals surface area contributed by atoms with E-state index in [9.17, 15) is 28.1 Å². The van der Waals surface area contributed by atoms with Crippen molar-refractivity contribution >= 4 is 11.7 Å². The van der Waals surface area contributed by atoms with Crippen LogP contribution >= 0.6 is 0 Å². The third-order valence-electron chi connectivity index (χ3n) is 6.25. The fraction of sp³-hybridized carbons (Fsp3) is 0.333. The molecular formula is C24H23F3N4O3. The normalized spacial score (nSPS) is 13.9. The Hall–Kier alpha value is -3.69. The van der Waals surface area contributed by atoms with Gasteiger partial charge in [-0.05, 0) is 51.4 Å². The maximum atomic E-state index is 13.4. The monoisotopic (exact) mass is 472 g/mol. The van der Waals surface area contributed by atoms with E-state index in [1.165, 1.54) is 6.20 Å². The van der Waals surface area contributed by atoms with Gasteiger partial charge in [-0.25, -0.2) is 0 Å². The number of hydrogen-bond donors (Lipinski definition) is 1. The van der Waals surface area contributed by atoms with Gasteiger partial charge in [-0.2, -0.15) is 13.2 Å². The van der Waals surface area contributed by atoms with E-state index in [1.807, 2.05) is 24.3 Å². The zero-order chi connectivity index (χ0) is 24.5. The van der Waals surface area contributed by atoms with Gasteiger partial charge in [0.2, 0.25) is 11.7 Å². The molecular weight excluding hydrogens is 449 g/mol. The number of halogens is 3. The molecule has 0 saturated carbocycles. The Kier molecular flexibility index (Phi) is 6.16. The number of nitrogens with one attached hydrogen (secondary N) is 1. The molecule has 34 heavy (non-hydrogen) atoms. The highest BCUT2D eigenvalue weighted by molar-refractivity contribution is 6.00. The Morgan fingerprint density at radius 3 is 2.21 bits per heavy atom. The molecule has 1 aliphatic rings. The number of carbonyl (C=O) groups excluding carboxylic acids is 1. The molecule has 1 aromatic heterocycles. The van der Waals surface area contributed by atoms with E-state index in [-0.39, 0.29) is 5.82 Å². The van der Waals surface area contributed by atoms with Crippen LogP contribution in [0.25, 0.3) is 11.1 Å². The van der Waals surface area contributed by atoms with Crippen LogP contribution in [0.5, 0.6) is 0 Å². The molecule has 1 aliphatic carbocycles. The van der Waals surface area contributed by atoms with Gasteiger partial charge in [0.25, 0.3) is 0 Å². The molecule has 0 radical (unpaired) electrons. The van der Waals surface area contributed by atoms with Crippen LogP contribution in [0.15, 0.2) is 54.7 Å². The van der Waals surface area contributed by atoms with Crippen LogP contribution in [0.3, 0.4) is 0 Å². The summed E-state index contributed by atoms with van der Waals surface area (Å²) in [6.07, 6.45) is -1.80. The Bertz CT molecular complexity index is 1190. The van der Waals surface area contributed by atoms with Crippen molar-refractivity contribution in [3.05, 3.63) is 81.8 Å². The van der Waals surface area contributed by atoms with Gasteiger partial charge in [0.05, 0.1) is 0 Å². The van der Waals surface area contributed by atoms with E-state index in [4.69, 9.17) is 0 Å². The van der Waals surface area contributed by atoms with E-state index in [0.717, 1.165) is 11.1 Å². The summed E-state index contributed by atoms with van der Waals surface area (Å²) in [6, 6.07) is 14.6. The third-order valence-corrected chi connectivity index (χ3v) is 6.25. The first kappa shape index (κ1) is 23.5. The second-order valence-corrected chi connectivity index (χ2v) is 8.35. The number of nitrogens with zero attached hydrogens (tertiary/aromatic N) is 3. The lowest BCUT2D eigenvalue weighted by molar-refractivity contribution is -0.389. The van der Waals surface area contributed by atoms with Gasteiger partial charge in [-0.1, -0.05) is 48.5 Å². The summed E-state index contributed by atoms with van der Waals surface area (Å²) in [4.78, 5) is 27.7. The zero-order valence-corrected chi connectivity index (χ0v) is 18.4. The number of fused-ring (bicyclic) bond motifs is 3. The van der Waals surface area contributed by atoms with Crippen molar-refractivity contribution in [1.82, 2.24) is 14.9 Å². The molecule has 3 aromatic rings. The van der Waals surface area contributed by atoms with Gasteiger partial charge in [0.15, 0.2) is 0 Å². The summed E-state index contributed by atoms with van der Waals surface area (Å²) in [6.45, 7) is 0.703. The number of aromatic nitrogens is 2. The lowest BCUT2D eigenvalue weighted by Gasteiger charge is -2.31. The minimum Gasteiger partial charge on any atom is -0.358 e. The van der Waals surface area contributed by atoms with Crippen LogP contribution in [0.1, 0.15) is 36.2 Å². The summed E-state index contributed by atoms with van der Waals surface area (Å²) >= 11 is 0. The second kappa shape index (κ2) is 8.92. The highest BCUT2D eigenvalue weighted by atomic mass is 19.4. The largest absolute Gasteiger partial charge is 0.405 e. The van der Waals surface area contributed by atoms with E-state index in [1.54, 1.807) is 35.8 Å². The lowest BCUT2D eigenvalue weighted by Crippen LogP contribution is -2.47. The number of imidazole rings is 1. The van der Waals surface area contributed by atoms with Gasteiger partial charge >= 0.3 is 12.0 Å². The molecule has 0 unspecified atom stereocenters. The number of amides is 1. The van der Waals surface area contributed by atoms with Crippen molar-refractivity contribution in [1.29, 1.82) is 0 Å². The molecule has 1 amide bonds. The molecule has 0 bridgehead atoms. The predicted molar refractivity (Wildman–Crippen MR) is 119 cm³/mol. The van der Waals surface area contributed by atoms with Crippen molar-refractivity contribution < 1.29 is 22.9 Å². The summed E-state index contributed by atoms with van der Waals surface area (Å²) in [5.74, 6) is -0.420. The molecule has 1 heterocycles. The molecule has 0 saturated heterocycles. The van der Waals surface area contributed by atoms with Crippen molar-refractivity contribution in [2.45, 2.75) is 44.3 Å². The number of rotatable bonds is 8. The van der Waals surface area contributed by atoms with Gasteiger partial charge in [0, 0.05) is 13.5 Å². The highest BCUT2D eigenvalue weighted by Gasteiger charge is 2.49. The molecule has 178 valence electrons. The van der Waals surface area contributed by atoms with Crippen LogP contribution in [0.2, 0.25) is 0 Å². The Labute approximate surface area is 193 Å². The molecule has 10 heteroatoms. The summed E-state index contributed by atoms with van der Waals surface area (Å²) < 4.78 is 40.5. The predicted octanol–water partition coefficient (Wildman–Crippen LogP) is 4.92. The number of aryl methyl sites for hydroxylation is 2. The molecule has 0 fully saturated rings. The Morgan fingerprint density at radius 2 is 1.68 bits per heavy atom. The van der Waals surface area contributed by atoms with Crippen LogP contribution in [0, 0.1) is 17.0 Å². The number of nitro groups is 1. The summed E-state index contributed by atoms with van der Waals surface area (Å²) in [7, 11) is 0. The molecule has 7 nitrogen and oxygen atoms in total. The fourth-order valence-corrected chi connectivity index (χ4v) is 4.76. The number of benzene rings is 2. The smallest absolute Gasteiger partial charge is 0.358 e. The first-order chi connectivity index (χ1) is 16.1. The fourth-order valence-electron chi connectivity index (χ4n) is 4.76. The van der Waals surface area contributed by atoms with Crippen LogP contribution in [-0.2, 0) is 16.8 Å². The first-order valence-corrected chi connectivity index (χ1v) is 10.9. The second-order valence-electron chi connectivity index (χ2n) is 8.35. The summed E-state index contributed by atoms with van der Waals surface area (Å²) in [5.41, 5.74) is 1.78. The van der Waals surface area contributed by atoms with Gasteiger partial charge in [0.1, 0.15) is 18.2 Å². The summed E-state index contributed by atoms with van der Waals surface area (Å²) in [5, 5.41) is 13.1. The third kappa shape index (κ3) is 4.27. The maximum absolute atomic E-state index is 13.4. The minimum atomic E-state index is -4.53. The van der Waals surface area contributed by atoms with E-state index >= 15 is 0 Å². The van der Waals surface area contributed by atoms with E-state index in [0.29, 0.717) is 42.8 Å². The lowest BCUT2D eigenvalue weighted by atomic mass is 9.73. The Morgan fingerprint density at radius 1 is 1.09 bits per heavy atom. The van der Waals surface area contributed by atoms with E-state index < -0.39 is 29.0 Å². The zero-order valence-electron chi connectivity index (χ0n) is 18.4. The number of unbranched alkanes of at least 4 members (excludes halogenated alkanes) is 1. The van der Waals surface area contributed by atoms with Crippen molar-refractivity contribution in [2.75, 3.05) is 6.54 Å². The molecule has 4 rings (SSSR count). The maximum Gasteiger partial charge on any atom is 0.405 e. The number of hydrogen-bond acceptors (Lipinski definition) is 4. The van der Waals surface area contributed by atoms with Crippen LogP contribution < -0.4 is 5.32 Å². The molecule has 1 N–H and O–H groups in total. The first-order valence-electron chi connectivity index (χ1n) is 10.9.